The maximum atomic E-state index is 6.04. The van der Waals surface area contributed by atoms with Crippen molar-refractivity contribution >= 4 is 29.9 Å². The Labute approximate surface area is 176 Å². The lowest BCUT2D eigenvalue weighted by Crippen LogP contribution is -2.38. The molecular formula is C20H37IN4O. The van der Waals surface area contributed by atoms with Crippen LogP contribution in [0.4, 0.5) is 0 Å². The van der Waals surface area contributed by atoms with Crippen molar-refractivity contribution in [1.29, 1.82) is 0 Å². The van der Waals surface area contributed by atoms with Crippen molar-refractivity contribution in [2.24, 2.45) is 16.6 Å². The molecular weight excluding hydrogens is 439 g/mol. The van der Waals surface area contributed by atoms with Gasteiger partial charge in [-0.1, -0.05) is 44.9 Å². The number of guanidine groups is 1. The monoisotopic (exact) mass is 476 g/mol. The number of benzene rings is 1. The van der Waals surface area contributed by atoms with Crippen LogP contribution < -0.4 is 15.8 Å². The molecule has 0 amide bonds. The van der Waals surface area contributed by atoms with E-state index in [4.69, 9.17) is 10.5 Å². The average Bonchev–Trinajstić information content (AvgIpc) is 2.53. The van der Waals surface area contributed by atoms with Crippen LogP contribution >= 0.6 is 24.0 Å². The second-order valence-corrected chi connectivity index (χ2v) is 7.33. The zero-order valence-corrected chi connectivity index (χ0v) is 19.3. The minimum Gasteiger partial charge on any atom is -0.492 e. The fourth-order valence-corrected chi connectivity index (χ4v) is 2.49. The minimum absolute atomic E-state index is 0. The molecule has 0 aliphatic carbocycles. The molecule has 0 aliphatic heterocycles. The maximum Gasteiger partial charge on any atom is 0.189 e. The van der Waals surface area contributed by atoms with Gasteiger partial charge in [-0.2, -0.15) is 0 Å². The number of para-hydroxylation sites is 1. The maximum absolute atomic E-state index is 6.04. The zero-order valence-electron chi connectivity index (χ0n) is 17.0. The third kappa shape index (κ3) is 11.6. The Morgan fingerprint density at radius 1 is 1.19 bits per heavy atom. The van der Waals surface area contributed by atoms with Gasteiger partial charge in [0.1, 0.15) is 12.4 Å². The van der Waals surface area contributed by atoms with Crippen LogP contribution in [0.1, 0.15) is 45.6 Å². The van der Waals surface area contributed by atoms with E-state index in [1.54, 1.807) is 0 Å². The number of nitrogens with two attached hydrogens (primary N) is 1. The number of halogens is 1. The third-order valence-corrected chi connectivity index (χ3v) is 4.00. The number of rotatable bonds is 11. The summed E-state index contributed by atoms with van der Waals surface area (Å²) in [6.07, 6.45) is 3.57. The molecule has 1 unspecified atom stereocenters. The van der Waals surface area contributed by atoms with Gasteiger partial charge in [-0.15, -0.1) is 24.0 Å². The molecule has 0 heterocycles. The number of likely N-dealkylation sites (N-methyl/N-ethyl adjacent to an activating group) is 1. The van der Waals surface area contributed by atoms with Crippen LogP contribution in [-0.4, -0.2) is 44.1 Å². The van der Waals surface area contributed by atoms with Crippen molar-refractivity contribution in [3.63, 3.8) is 0 Å². The van der Waals surface area contributed by atoms with Crippen molar-refractivity contribution in [2.75, 3.05) is 27.2 Å². The molecule has 150 valence electrons. The molecule has 1 aromatic rings. The average molecular weight is 476 g/mol. The van der Waals surface area contributed by atoms with Crippen molar-refractivity contribution in [3.05, 3.63) is 29.8 Å². The number of hydrogen-bond acceptors (Lipinski definition) is 3. The number of nitrogens with zero attached hydrogens (tertiary/aromatic N) is 2. The molecule has 26 heavy (non-hydrogen) atoms. The van der Waals surface area contributed by atoms with Crippen LogP contribution in [0.2, 0.25) is 0 Å². The molecule has 0 fully saturated rings. The number of nitrogens with one attached hydrogen (secondary N) is 1. The van der Waals surface area contributed by atoms with E-state index in [2.05, 4.69) is 36.0 Å². The Balaban J connectivity index is 0.00000625. The second-order valence-electron chi connectivity index (χ2n) is 7.33. The van der Waals surface area contributed by atoms with E-state index in [1.807, 2.05) is 38.4 Å². The quantitative estimate of drug-likeness (QED) is 0.289. The van der Waals surface area contributed by atoms with Crippen LogP contribution in [0.15, 0.2) is 29.3 Å². The van der Waals surface area contributed by atoms with Crippen LogP contribution in [0.3, 0.4) is 0 Å². The lowest BCUT2D eigenvalue weighted by molar-refractivity contribution is 0.259. The lowest BCUT2D eigenvalue weighted by atomic mass is 10.0. The summed E-state index contributed by atoms with van der Waals surface area (Å²) >= 11 is 0. The molecule has 0 spiro atoms. The van der Waals surface area contributed by atoms with E-state index in [0.717, 1.165) is 30.2 Å². The summed E-state index contributed by atoms with van der Waals surface area (Å²) in [6.45, 7) is 8.73. The number of hydrogen-bond donors (Lipinski definition) is 2. The van der Waals surface area contributed by atoms with Gasteiger partial charge in [0.15, 0.2) is 5.96 Å². The topological polar surface area (TPSA) is 62.9 Å². The Morgan fingerprint density at radius 2 is 1.88 bits per heavy atom. The van der Waals surface area contributed by atoms with Crippen molar-refractivity contribution < 1.29 is 4.74 Å². The molecule has 1 rings (SSSR count). The first-order valence-electron chi connectivity index (χ1n) is 9.30. The standard InChI is InChI=1S/C20H36N4O.HI/c1-16(2)9-8-10-17(3)23-20(21)22-15-18-11-6-7-12-19(18)25-14-13-24(4)5;/h6-7,11-12,16-17H,8-10,13-15H2,1-5H3,(H3,21,22,23);1H. The smallest absolute Gasteiger partial charge is 0.189 e. The molecule has 1 atom stereocenters. The lowest BCUT2D eigenvalue weighted by Gasteiger charge is -2.16. The highest BCUT2D eigenvalue weighted by molar-refractivity contribution is 14.0. The van der Waals surface area contributed by atoms with Crippen LogP contribution in [0.5, 0.6) is 5.75 Å². The number of ether oxygens (including phenoxy) is 1. The summed E-state index contributed by atoms with van der Waals surface area (Å²) in [7, 11) is 4.07. The summed E-state index contributed by atoms with van der Waals surface area (Å²) < 4.78 is 5.86. The number of aliphatic imine (C=N–C) groups is 1. The van der Waals surface area contributed by atoms with Crippen molar-refractivity contribution in [1.82, 2.24) is 10.2 Å². The fraction of sp³-hybridized carbons (Fsp3) is 0.650. The highest BCUT2D eigenvalue weighted by Gasteiger charge is 2.06. The van der Waals surface area contributed by atoms with Gasteiger partial charge in [0.2, 0.25) is 0 Å². The van der Waals surface area contributed by atoms with E-state index in [1.165, 1.54) is 12.8 Å². The van der Waals surface area contributed by atoms with Crippen LogP contribution in [-0.2, 0) is 6.54 Å². The molecule has 1 aromatic carbocycles. The molecule has 0 aromatic heterocycles. The molecule has 3 N–H and O–H groups in total. The molecule has 5 nitrogen and oxygen atoms in total. The van der Waals surface area contributed by atoms with Crippen molar-refractivity contribution in [2.45, 2.75) is 52.6 Å². The highest BCUT2D eigenvalue weighted by atomic mass is 127. The predicted molar refractivity (Wildman–Crippen MR) is 123 cm³/mol. The van der Waals surface area contributed by atoms with Gasteiger partial charge < -0.3 is 20.7 Å². The summed E-state index contributed by atoms with van der Waals surface area (Å²) in [5.74, 6) is 2.13. The van der Waals surface area contributed by atoms with Gasteiger partial charge >= 0.3 is 0 Å². The van der Waals surface area contributed by atoms with Crippen LogP contribution in [0.25, 0.3) is 0 Å². The largest absolute Gasteiger partial charge is 0.492 e. The van der Waals surface area contributed by atoms with E-state index >= 15 is 0 Å². The predicted octanol–water partition coefficient (Wildman–Crippen LogP) is 3.86. The van der Waals surface area contributed by atoms with Crippen LogP contribution in [0, 0.1) is 5.92 Å². The third-order valence-electron chi connectivity index (χ3n) is 4.00. The van der Waals surface area contributed by atoms with Gasteiger partial charge in [-0.25, -0.2) is 4.99 Å². The fourth-order valence-electron chi connectivity index (χ4n) is 2.49. The van der Waals surface area contributed by atoms with Gasteiger partial charge in [-0.05, 0) is 39.4 Å². The SMILES string of the molecule is CC(C)CCCC(C)NC(N)=NCc1ccccc1OCCN(C)C.I. The second kappa shape index (κ2) is 14.1. The molecule has 0 radical (unpaired) electrons. The summed E-state index contributed by atoms with van der Waals surface area (Å²) in [4.78, 5) is 6.57. The Bertz CT molecular complexity index is 520. The normalized spacial score (nSPS) is 12.8. The first-order chi connectivity index (χ1) is 11.9. The summed E-state index contributed by atoms with van der Waals surface area (Å²) in [6, 6.07) is 8.35. The van der Waals surface area contributed by atoms with E-state index in [-0.39, 0.29) is 24.0 Å². The molecule has 0 saturated heterocycles. The van der Waals surface area contributed by atoms with E-state index in [0.29, 0.717) is 25.2 Å². The molecule has 0 saturated carbocycles. The Morgan fingerprint density at radius 3 is 2.54 bits per heavy atom. The van der Waals surface area contributed by atoms with E-state index < -0.39 is 0 Å². The highest BCUT2D eigenvalue weighted by Crippen LogP contribution is 2.18. The Hall–Kier alpha value is -1.02. The zero-order chi connectivity index (χ0) is 18.7. The first kappa shape index (κ1) is 25.0. The molecule has 6 heteroatoms. The van der Waals surface area contributed by atoms with Crippen molar-refractivity contribution in [3.8, 4) is 5.75 Å². The van der Waals surface area contributed by atoms with Gasteiger partial charge in [-0.3, -0.25) is 0 Å². The van der Waals surface area contributed by atoms with Gasteiger partial charge in [0.05, 0.1) is 6.54 Å². The minimum atomic E-state index is 0. The molecule has 0 bridgehead atoms. The Kier molecular flexibility index (Phi) is 13.5. The van der Waals surface area contributed by atoms with Gasteiger partial charge in [0.25, 0.3) is 0 Å². The summed E-state index contributed by atoms with van der Waals surface area (Å²) in [5.41, 5.74) is 7.09. The first-order valence-corrected chi connectivity index (χ1v) is 9.30. The summed E-state index contributed by atoms with van der Waals surface area (Å²) in [5, 5.41) is 3.28. The molecule has 0 aliphatic rings. The van der Waals surface area contributed by atoms with Gasteiger partial charge in [0, 0.05) is 18.2 Å². The van der Waals surface area contributed by atoms with E-state index in [9.17, 15) is 0 Å².